The highest BCUT2D eigenvalue weighted by atomic mass is 32.2. The third kappa shape index (κ3) is 5.83. The largest absolute Gasteiger partial charge is 0.501 e. The standard InChI is InChI=1S/C26H23F3N4O5S/c27-26(28,29)39(35,36)21-10-8-19(9-11-21)37-20-5-3-4-18(16-20)17-32-12-14-33(15-13-32)25(34)30-24-22-6-1-2-7-23(22)38-31-24/h1-11,16H,12-15,17H2,(H,30,31,34). The van der Waals surface area contributed by atoms with E-state index in [1.54, 1.807) is 29.2 Å². The van der Waals surface area contributed by atoms with Crippen LogP contribution in [0.1, 0.15) is 5.56 Å². The van der Waals surface area contributed by atoms with Crippen LogP contribution in [0.2, 0.25) is 0 Å². The molecular formula is C26H23F3N4O5S. The number of amides is 2. The Bertz CT molecular complexity index is 1580. The van der Waals surface area contributed by atoms with Crippen LogP contribution >= 0.6 is 0 Å². The summed E-state index contributed by atoms with van der Waals surface area (Å²) in [7, 11) is -5.42. The number of hydrogen-bond donors (Lipinski definition) is 1. The average Bonchev–Trinajstić information content (AvgIpc) is 3.32. The van der Waals surface area contributed by atoms with Crippen LogP contribution in [-0.2, 0) is 16.4 Å². The number of alkyl halides is 3. The molecule has 3 aromatic carbocycles. The van der Waals surface area contributed by atoms with Gasteiger partial charge in [-0.1, -0.05) is 29.4 Å². The zero-order valence-electron chi connectivity index (χ0n) is 20.4. The Labute approximate surface area is 221 Å². The van der Waals surface area contributed by atoms with E-state index < -0.39 is 20.2 Å². The van der Waals surface area contributed by atoms with Gasteiger partial charge in [0.05, 0.1) is 10.3 Å². The van der Waals surface area contributed by atoms with Gasteiger partial charge in [0.2, 0.25) is 0 Å². The summed E-state index contributed by atoms with van der Waals surface area (Å²) in [6, 6.07) is 18.3. The Hall–Kier alpha value is -4.10. The summed E-state index contributed by atoms with van der Waals surface area (Å²) in [5.41, 5.74) is -3.84. The van der Waals surface area contributed by atoms with Gasteiger partial charge >= 0.3 is 11.5 Å². The summed E-state index contributed by atoms with van der Waals surface area (Å²) in [6.07, 6.45) is 0. The Kier molecular flexibility index (Phi) is 7.19. The molecule has 1 saturated heterocycles. The number of nitrogens with one attached hydrogen (secondary N) is 1. The van der Waals surface area contributed by atoms with Crippen molar-refractivity contribution in [2.75, 3.05) is 31.5 Å². The molecule has 9 nitrogen and oxygen atoms in total. The predicted molar refractivity (Wildman–Crippen MR) is 136 cm³/mol. The summed E-state index contributed by atoms with van der Waals surface area (Å²) in [5, 5.41) is 7.47. The molecule has 0 unspecified atom stereocenters. The molecule has 2 amide bonds. The van der Waals surface area contributed by atoms with E-state index in [2.05, 4.69) is 15.4 Å². The molecule has 1 aliphatic heterocycles. The second-order valence-electron chi connectivity index (χ2n) is 8.89. The van der Waals surface area contributed by atoms with Gasteiger partial charge in [-0.15, -0.1) is 0 Å². The molecule has 5 rings (SSSR count). The number of halogens is 3. The number of urea groups is 1. The number of anilines is 1. The van der Waals surface area contributed by atoms with E-state index in [9.17, 15) is 26.4 Å². The van der Waals surface area contributed by atoms with Gasteiger partial charge in [-0.3, -0.25) is 10.2 Å². The molecule has 0 spiro atoms. The number of ether oxygens (including phenoxy) is 1. The van der Waals surface area contributed by atoms with E-state index in [4.69, 9.17) is 9.26 Å². The van der Waals surface area contributed by atoms with Gasteiger partial charge in [-0.05, 0) is 54.1 Å². The number of aromatic nitrogens is 1. The van der Waals surface area contributed by atoms with Crippen LogP contribution < -0.4 is 10.1 Å². The van der Waals surface area contributed by atoms with Gasteiger partial charge in [-0.2, -0.15) is 13.2 Å². The highest BCUT2D eigenvalue weighted by molar-refractivity contribution is 7.92. The summed E-state index contributed by atoms with van der Waals surface area (Å²) < 4.78 is 72.2. The smallest absolute Gasteiger partial charge is 0.457 e. The molecule has 4 aromatic rings. The normalized spacial score (nSPS) is 14.9. The number of sulfone groups is 1. The van der Waals surface area contributed by atoms with Crippen molar-refractivity contribution < 1.29 is 35.6 Å². The number of fused-ring (bicyclic) bond motifs is 1. The Balaban J connectivity index is 1.15. The van der Waals surface area contributed by atoms with Gasteiger partial charge in [0.15, 0.2) is 11.4 Å². The number of hydrogen-bond acceptors (Lipinski definition) is 7. The highest BCUT2D eigenvalue weighted by Crippen LogP contribution is 2.32. The number of benzene rings is 3. The van der Waals surface area contributed by atoms with E-state index in [0.717, 1.165) is 23.1 Å². The second kappa shape index (κ2) is 10.6. The summed E-state index contributed by atoms with van der Waals surface area (Å²) in [5.74, 6) is 1.04. The van der Waals surface area contributed by atoms with Crippen molar-refractivity contribution in [3.05, 3.63) is 78.4 Å². The van der Waals surface area contributed by atoms with Gasteiger partial charge < -0.3 is 14.2 Å². The predicted octanol–water partition coefficient (Wildman–Crippen LogP) is 5.26. The maximum atomic E-state index is 12.7. The van der Waals surface area contributed by atoms with E-state index in [0.29, 0.717) is 49.9 Å². The van der Waals surface area contributed by atoms with Crippen LogP contribution in [0.4, 0.5) is 23.8 Å². The van der Waals surface area contributed by atoms with Gasteiger partial charge in [0.25, 0.3) is 9.84 Å². The third-order valence-corrected chi connectivity index (χ3v) is 7.74. The molecule has 13 heteroatoms. The number of carbonyl (C=O) groups excluding carboxylic acids is 1. The lowest BCUT2D eigenvalue weighted by Gasteiger charge is -2.34. The van der Waals surface area contributed by atoms with E-state index in [1.165, 1.54) is 12.1 Å². The zero-order valence-corrected chi connectivity index (χ0v) is 21.2. The monoisotopic (exact) mass is 560 g/mol. The molecule has 2 heterocycles. The fraction of sp³-hybridized carbons (Fsp3) is 0.231. The number of piperazine rings is 1. The molecular weight excluding hydrogens is 537 g/mol. The van der Waals surface area contributed by atoms with Crippen LogP contribution in [0, 0.1) is 0 Å². The van der Waals surface area contributed by atoms with Crippen molar-refractivity contribution in [2.24, 2.45) is 0 Å². The molecule has 204 valence electrons. The van der Waals surface area contributed by atoms with Crippen LogP contribution in [0.15, 0.2) is 82.2 Å². The number of para-hydroxylation sites is 1. The minimum absolute atomic E-state index is 0.202. The summed E-state index contributed by atoms with van der Waals surface area (Å²) >= 11 is 0. The lowest BCUT2D eigenvalue weighted by atomic mass is 10.2. The molecule has 1 fully saturated rings. The second-order valence-corrected chi connectivity index (χ2v) is 10.8. The molecule has 1 N–H and O–H groups in total. The average molecular weight is 561 g/mol. The van der Waals surface area contributed by atoms with Crippen LogP contribution in [0.25, 0.3) is 11.0 Å². The topological polar surface area (TPSA) is 105 Å². The van der Waals surface area contributed by atoms with Gasteiger partial charge in [0, 0.05) is 32.7 Å². The first-order valence-corrected chi connectivity index (χ1v) is 13.4. The van der Waals surface area contributed by atoms with Crippen molar-refractivity contribution in [3.63, 3.8) is 0 Å². The zero-order chi connectivity index (χ0) is 27.6. The molecule has 0 aliphatic carbocycles. The minimum Gasteiger partial charge on any atom is -0.457 e. The number of rotatable bonds is 6. The first kappa shape index (κ1) is 26.5. The van der Waals surface area contributed by atoms with Crippen molar-refractivity contribution in [1.82, 2.24) is 15.0 Å². The Morgan fingerprint density at radius 3 is 2.38 bits per heavy atom. The molecule has 39 heavy (non-hydrogen) atoms. The lowest BCUT2D eigenvalue weighted by Crippen LogP contribution is -2.49. The van der Waals surface area contributed by atoms with Crippen molar-refractivity contribution in [3.8, 4) is 11.5 Å². The molecule has 0 atom stereocenters. The minimum atomic E-state index is -5.42. The van der Waals surface area contributed by atoms with E-state index in [-0.39, 0.29) is 11.8 Å². The van der Waals surface area contributed by atoms with Crippen molar-refractivity contribution in [2.45, 2.75) is 16.9 Å². The first-order valence-electron chi connectivity index (χ1n) is 11.9. The maximum absolute atomic E-state index is 12.7. The fourth-order valence-corrected chi connectivity index (χ4v) is 4.95. The summed E-state index contributed by atoms with van der Waals surface area (Å²) in [6.45, 7) is 2.93. The van der Waals surface area contributed by atoms with Crippen LogP contribution in [0.3, 0.4) is 0 Å². The number of nitrogens with zero attached hydrogens (tertiary/aromatic N) is 3. The van der Waals surface area contributed by atoms with E-state index >= 15 is 0 Å². The lowest BCUT2D eigenvalue weighted by molar-refractivity contribution is -0.0436. The number of carbonyl (C=O) groups is 1. The SMILES string of the molecule is O=C(Nc1noc2ccccc12)N1CCN(Cc2cccc(Oc3ccc(S(=O)(=O)C(F)(F)F)cc3)c2)CC1. The van der Waals surface area contributed by atoms with Gasteiger partial charge in [-0.25, -0.2) is 13.2 Å². The summed E-state index contributed by atoms with van der Waals surface area (Å²) in [4.78, 5) is 15.8. The fourth-order valence-electron chi connectivity index (χ4n) is 4.19. The van der Waals surface area contributed by atoms with Crippen molar-refractivity contribution in [1.29, 1.82) is 0 Å². The Morgan fingerprint density at radius 1 is 0.949 bits per heavy atom. The molecule has 0 saturated carbocycles. The third-order valence-electron chi connectivity index (χ3n) is 6.24. The van der Waals surface area contributed by atoms with Crippen LogP contribution in [0.5, 0.6) is 11.5 Å². The Morgan fingerprint density at radius 2 is 1.67 bits per heavy atom. The molecule has 1 aromatic heterocycles. The maximum Gasteiger partial charge on any atom is 0.501 e. The first-order chi connectivity index (χ1) is 18.6. The highest BCUT2D eigenvalue weighted by Gasteiger charge is 2.46. The van der Waals surface area contributed by atoms with Crippen molar-refractivity contribution >= 4 is 32.7 Å². The van der Waals surface area contributed by atoms with Gasteiger partial charge in [0.1, 0.15) is 11.5 Å². The quantitative estimate of drug-likeness (QED) is 0.343. The molecule has 1 aliphatic rings. The van der Waals surface area contributed by atoms with Crippen LogP contribution in [-0.4, -0.2) is 61.1 Å². The molecule has 0 bridgehead atoms. The molecule has 0 radical (unpaired) electrons. The van der Waals surface area contributed by atoms with E-state index in [1.807, 2.05) is 24.3 Å².